The van der Waals surface area contributed by atoms with Crippen LogP contribution < -0.4 is 10.2 Å². The number of hydrogen-bond acceptors (Lipinski definition) is 2. The summed E-state index contributed by atoms with van der Waals surface area (Å²) in [6, 6.07) is 12.4. The van der Waals surface area contributed by atoms with Gasteiger partial charge in [-0.2, -0.15) is 0 Å². The average Bonchev–Trinajstić information content (AvgIpc) is 3.00. The Labute approximate surface area is 145 Å². The maximum absolute atomic E-state index is 13.7. The number of halogens is 1. The van der Waals surface area contributed by atoms with Gasteiger partial charge in [-0.3, -0.25) is 9.59 Å². The van der Waals surface area contributed by atoms with Crippen molar-refractivity contribution in [3.8, 4) is 0 Å². The lowest BCUT2D eigenvalue weighted by Gasteiger charge is -2.31. The Balaban J connectivity index is 1.56. The van der Waals surface area contributed by atoms with Crippen molar-refractivity contribution in [1.29, 1.82) is 0 Å². The molecule has 5 heteroatoms. The van der Waals surface area contributed by atoms with Crippen molar-refractivity contribution in [3.63, 3.8) is 0 Å². The molecule has 2 amide bonds. The summed E-state index contributed by atoms with van der Waals surface area (Å²) in [5, 5.41) is 3.06. The molecule has 0 spiro atoms. The number of carbonyl (C=O) groups excluding carboxylic acids is 2. The number of nitrogens with zero attached hydrogens (tertiary/aromatic N) is 1. The van der Waals surface area contributed by atoms with Gasteiger partial charge in [0, 0.05) is 25.2 Å². The van der Waals surface area contributed by atoms with Gasteiger partial charge in [0.15, 0.2) is 0 Å². The number of rotatable bonds is 2. The van der Waals surface area contributed by atoms with E-state index in [9.17, 15) is 14.0 Å². The number of hydrogen-bond donors (Lipinski definition) is 1. The molecule has 1 N–H and O–H groups in total. The summed E-state index contributed by atoms with van der Waals surface area (Å²) in [4.78, 5) is 26.5. The van der Waals surface area contributed by atoms with Gasteiger partial charge in [0.05, 0.1) is 5.92 Å². The minimum atomic E-state index is -0.641. The van der Waals surface area contributed by atoms with E-state index < -0.39 is 11.7 Å². The molecular formula is C20H19FN2O2. The molecule has 2 aromatic carbocycles. The molecule has 25 heavy (non-hydrogen) atoms. The zero-order valence-electron chi connectivity index (χ0n) is 14.0. The van der Waals surface area contributed by atoms with Crippen molar-refractivity contribution in [2.24, 2.45) is 0 Å². The van der Waals surface area contributed by atoms with Crippen LogP contribution in [0.2, 0.25) is 0 Å². The van der Waals surface area contributed by atoms with Crippen LogP contribution in [-0.2, 0) is 22.4 Å². The number of nitrogens with one attached hydrogen (secondary N) is 1. The number of anilines is 1. The molecular weight excluding hydrogens is 319 g/mol. The minimum absolute atomic E-state index is 0.0247. The van der Waals surface area contributed by atoms with Crippen LogP contribution in [0.25, 0.3) is 0 Å². The van der Waals surface area contributed by atoms with E-state index in [-0.39, 0.29) is 24.3 Å². The molecule has 0 radical (unpaired) electrons. The van der Waals surface area contributed by atoms with E-state index in [1.165, 1.54) is 28.2 Å². The fourth-order valence-corrected chi connectivity index (χ4v) is 3.86. The summed E-state index contributed by atoms with van der Waals surface area (Å²) in [6.45, 7) is 0. The first kappa shape index (κ1) is 15.8. The van der Waals surface area contributed by atoms with Crippen LogP contribution in [0.15, 0.2) is 42.5 Å². The molecule has 2 aromatic rings. The Morgan fingerprint density at radius 3 is 2.48 bits per heavy atom. The van der Waals surface area contributed by atoms with Gasteiger partial charge in [0.1, 0.15) is 5.82 Å². The Morgan fingerprint density at radius 2 is 1.80 bits per heavy atom. The summed E-state index contributed by atoms with van der Waals surface area (Å²) in [7, 11) is 1.65. The average molecular weight is 338 g/mol. The molecule has 128 valence electrons. The topological polar surface area (TPSA) is 49.4 Å². The normalized spacial score (nSPS) is 19.5. The Bertz CT molecular complexity index is 840. The van der Waals surface area contributed by atoms with Gasteiger partial charge in [-0.25, -0.2) is 4.39 Å². The van der Waals surface area contributed by atoms with Crippen molar-refractivity contribution in [2.75, 3.05) is 11.9 Å². The van der Waals surface area contributed by atoms with Crippen LogP contribution in [-0.4, -0.2) is 24.9 Å². The van der Waals surface area contributed by atoms with E-state index in [1.54, 1.807) is 13.1 Å². The third-order valence-corrected chi connectivity index (χ3v) is 5.19. The van der Waals surface area contributed by atoms with E-state index in [0.717, 1.165) is 12.8 Å². The van der Waals surface area contributed by atoms with Crippen LogP contribution >= 0.6 is 0 Å². The van der Waals surface area contributed by atoms with Crippen molar-refractivity contribution >= 4 is 17.5 Å². The molecule has 1 aliphatic heterocycles. The molecule has 1 atom stereocenters. The van der Waals surface area contributed by atoms with Gasteiger partial charge in [0.2, 0.25) is 11.8 Å². The summed E-state index contributed by atoms with van der Waals surface area (Å²) in [5.74, 6) is -1.37. The van der Waals surface area contributed by atoms with Gasteiger partial charge < -0.3 is 10.2 Å². The molecule has 0 aromatic heterocycles. The Morgan fingerprint density at radius 1 is 1.12 bits per heavy atom. The summed E-state index contributed by atoms with van der Waals surface area (Å²) in [5.41, 5.74) is 3.68. The summed E-state index contributed by atoms with van der Waals surface area (Å²) in [6.07, 6.45) is 1.65. The molecule has 4 nitrogen and oxygen atoms in total. The number of fused-ring (bicyclic) bond motifs is 2. The van der Waals surface area contributed by atoms with E-state index in [0.29, 0.717) is 11.3 Å². The largest absolute Gasteiger partial charge is 0.352 e. The van der Waals surface area contributed by atoms with E-state index in [1.807, 2.05) is 12.1 Å². The number of carbonyl (C=O) groups is 2. The second kappa shape index (κ2) is 5.99. The maximum Gasteiger partial charge on any atom is 0.228 e. The van der Waals surface area contributed by atoms with Crippen LogP contribution in [0.1, 0.15) is 29.0 Å². The van der Waals surface area contributed by atoms with Crippen molar-refractivity contribution in [2.45, 2.75) is 31.2 Å². The monoisotopic (exact) mass is 338 g/mol. The summed E-state index contributed by atoms with van der Waals surface area (Å²) >= 11 is 0. The highest BCUT2D eigenvalue weighted by molar-refractivity contribution is 6.02. The molecule has 4 rings (SSSR count). The number of benzene rings is 2. The molecule has 1 heterocycles. The predicted octanol–water partition coefficient (Wildman–Crippen LogP) is 2.56. The van der Waals surface area contributed by atoms with E-state index in [2.05, 4.69) is 17.4 Å². The van der Waals surface area contributed by atoms with Crippen LogP contribution in [0.5, 0.6) is 0 Å². The number of amides is 2. The Kier molecular flexibility index (Phi) is 3.79. The van der Waals surface area contributed by atoms with Gasteiger partial charge in [-0.05, 0) is 47.7 Å². The first-order chi connectivity index (χ1) is 12.0. The summed E-state index contributed by atoms with van der Waals surface area (Å²) < 4.78 is 13.7. The van der Waals surface area contributed by atoms with Crippen molar-refractivity contribution in [3.05, 3.63) is 65.0 Å². The lowest BCUT2D eigenvalue weighted by Crippen LogP contribution is -2.43. The molecule has 0 bridgehead atoms. The van der Waals surface area contributed by atoms with E-state index in [4.69, 9.17) is 0 Å². The van der Waals surface area contributed by atoms with Crippen LogP contribution in [0, 0.1) is 5.82 Å². The lowest BCUT2D eigenvalue weighted by atomic mass is 9.88. The molecule has 0 saturated carbocycles. The zero-order chi connectivity index (χ0) is 17.6. The van der Waals surface area contributed by atoms with Crippen LogP contribution in [0.4, 0.5) is 10.1 Å². The van der Waals surface area contributed by atoms with Crippen LogP contribution in [0.3, 0.4) is 0 Å². The molecule has 1 aliphatic carbocycles. The van der Waals surface area contributed by atoms with Gasteiger partial charge in [0.25, 0.3) is 0 Å². The highest BCUT2D eigenvalue weighted by Crippen LogP contribution is 2.36. The van der Waals surface area contributed by atoms with Crippen molar-refractivity contribution < 1.29 is 14.0 Å². The molecule has 2 aliphatic rings. The minimum Gasteiger partial charge on any atom is -0.352 e. The third kappa shape index (κ3) is 2.80. The second-order valence-corrected chi connectivity index (χ2v) is 6.80. The molecule has 1 unspecified atom stereocenters. The molecule has 0 fully saturated rings. The zero-order valence-corrected chi connectivity index (χ0v) is 14.0. The highest BCUT2D eigenvalue weighted by Gasteiger charge is 2.35. The fourth-order valence-electron chi connectivity index (χ4n) is 3.86. The second-order valence-electron chi connectivity index (χ2n) is 6.80. The van der Waals surface area contributed by atoms with Gasteiger partial charge in [-0.15, -0.1) is 0 Å². The first-order valence-electron chi connectivity index (χ1n) is 8.46. The van der Waals surface area contributed by atoms with E-state index >= 15 is 0 Å². The standard InChI is InChI=1S/C20H19FN2O2/c1-23-18-7-6-14(21)10-16(18)17(11-19(23)24)20(25)22-15-8-12-4-2-3-5-13(12)9-15/h2-7,10,15,17H,8-9,11H2,1H3,(H,22,25). The first-order valence-corrected chi connectivity index (χ1v) is 8.46. The Hall–Kier alpha value is -2.69. The predicted molar refractivity (Wildman–Crippen MR) is 92.9 cm³/mol. The fraction of sp³-hybridized carbons (Fsp3) is 0.300. The maximum atomic E-state index is 13.7. The SMILES string of the molecule is CN1C(=O)CC(C(=O)NC2Cc3ccccc3C2)c2cc(F)ccc21. The molecule has 0 saturated heterocycles. The smallest absolute Gasteiger partial charge is 0.228 e. The highest BCUT2D eigenvalue weighted by atomic mass is 19.1. The van der Waals surface area contributed by atoms with Gasteiger partial charge in [-0.1, -0.05) is 24.3 Å². The van der Waals surface area contributed by atoms with Gasteiger partial charge >= 0.3 is 0 Å². The van der Waals surface area contributed by atoms with Crippen molar-refractivity contribution in [1.82, 2.24) is 5.32 Å². The third-order valence-electron chi connectivity index (χ3n) is 5.19. The lowest BCUT2D eigenvalue weighted by molar-refractivity contribution is -0.127. The quantitative estimate of drug-likeness (QED) is 0.915.